The summed E-state index contributed by atoms with van der Waals surface area (Å²) < 4.78 is 0. The van der Waals surface area contributed by atoms with E-state index in [1.54, 1.807) is 18.2 Å². The summed E-state index contributed by atoms with van der Waals surface area (Å²) in [6, 6.07) is 5.14. The molecule has 0 aliphatic rings. The summed E-state index contributed by atoms with van der Waals surface area (Å²) in [7, 11) is 0. The number of aryl methyl sites for hydroxylation is 1. The van der Waals surface area contributed by atoms with Crippen LogP contribution in [0.1, 0.15) is 43.1 Å². The van der Waals surface area contributed by atoms with Crippen molar-refractivity contribution in [3.8, 4) is 0 Å². The van der Waals surface area contributed by atoms with E-state index in [0.29, 0.717) is 17.0 Å². The predicted octanol–water partition coefficient (Wildman–Crippen LogP) is 3.18. The van der Waals surface area contributed by atoms with Gasteiger partial charge in [0, 0.05) is 17.1 Å². The Bertz CT molecular complexity index is 452. The summed E-state index contributed by atoms with van der Waals surface area (Å²) in [4.78, 5) is 12.0. The molecule has 1 unspecified atom stereocenters. The standard InChI is InChI=1S/C15H22ClNO2/c1-10-7-11(16)5-6-13(10)14(19)17-9-12(18)8-15(2,3)4/h5-7,12,18H,8-9H2,1-4H3,(H,17,19). The van der Waals surface area contributed by atoms with Gasteiger partial charge in [0.25, 0.3) is 5.91 Å². The van der Waals surface area contributed by atoms with Crippen molar-refractivity contribution in [1.82, 2.24) is 5.32 Å². The van der Waals surface area contributed by atoms with E-state index in [4.69, 9.17) is 11.6 Å². The lowest BCUT2D eigenvalue weighted by molar-refractivity contribution is 0.0868. The minimum Gasteiger partial charge on any atom is -0.391 e. The Morgan fingerprint density at radius 2 is 2.05 bits per heavy atom. The number of hydrogen-bond acceptors (Lipinski definition) is 2. The summed E-state index contributed by atoms with van der Waals surface area (Å²) in [5, 5.41) is 13.2. The predicted molar refractivity (Wildman–Crippen MR) is 78.6 cm³/mol. The fourth-order valence-electron chi connectivity index (χ4n) is 1.97. The first-order chi connectivity index (χ1) is 8.69. The molecule has 19 heavy (non-hydrogen) atoms. The number of aliphatic hydroxyl groups is 1. The molecule has 106 valence electrons. The molecule has 0 aromatic heterocycles. The van der Waals surface area contributed by atoms with Gasteiger partial charge >= 0.3 is 0 Å². The highest BCUT2D eigenvalue weighted by molar-refractivity contribution is 6.30. The zero-order valence-electron chi connectivity index (χ0n) is 12.0. The molecule has 1 rings (SSSR count). The van der Waals surface area contributed by atoms with Crippen molar-refractivity contribution in [1.29, 1.82) is 0 Å². The molecule has 2 N–H and O–H groups in total. The Hall–Kier alpha value is -1.06. The van der Waals surface area contributed by atoms with E-state index < -0.39 is 6.10 Å². The Balaban J connectivity index is 2.56. The molecule has 0 bridgehead atoms. The number of nitrogens with one attached hydrogen (secondary N) is 1. The number of benzene rings is 1. The number of amides is 1. The third-order valence-electron chi connectivity index (χ3n) is 2.78. The molecule has 1 aromatic carbocycles. The zero-order valence-corrected chi connectivity index (χ0v) is 12.7. The second-order valence-electron chi connectivity index (χ2n) is 6.09. The molecule has 3 nitrogen and oxygen atoms in total. The average Bonchev–Trinajstić information content (AvgIpc) is 2.23. The van der Waals surface area contributed by atoms with Gasteiger partial charge in [-0.3, -0.25) is 4.79 Å². The quantitative estimate of drug-likeness (QED) is 0.892. The van der Waals surface area contributed by atoms with Crippen LogP contribution >= 0.6 is 11.6 Å². The van der Waals surface area contributed by atoms with Gasteiger partial charge in [-0.1, -0.05) is 32.4 Å². The Morgan fingerprint density at radius 3 is 2.58 bits per heavy atom. The molecule has 0 saturated carbocycles. The summed E-state index contributed by atoms with van der Waals surface area (Å²) >= 11 is 5.85. The van der Waals surface area contributed by atoms with Crippen LogP contribution in [0.3, 0.4) is 0 Å². The lowest BCUT2D eigenvalue weighted by atomic mass is 9.89. The molecular weight excluding hydrogens is 262 g/mol. The van der Waals surface area contributed by atoms with Crippen LogP contribution in [-0.4, -0.2) is 23.7 Å². The highest BCUT2D eigenvalue weighted by Gasteiger charge is 2.17. The molecule has 0 aliphatic carbocycles. The first-order valence-electron chi connectivity index (χ1n) is 6.41. The molecule has 0 heterocycles. The maximum absolute atomic E-state index is 12.0. The van der Waals surface area contributed by atoms with Gasteiger partial charge in [-0.25, -0.2) is 0 Å². The van der Waals surface area contributed by atoms with E-state index >= 15 is 0 Å². The van der Waals surface area contributed by atoms with Crippen LogP contribution in [-0.2, 0) is 0 Å². The number of hydrogen-bond donors (Lipinski definition) is 2. The molecule has 0 fully saturated rings. The molecule has 4 heteroatoms. The van der Waals surface area contributed by atoms with Crippen LogP contribution in [0.5, 0.6) is 0 Å². The van der Waals surface area contributed by atoms with Crippen molar-refractivity contribution in [2.45, 2.75) is 40.2 Å². The van der Waals surface area contributed by atoms with Crippen LogP contribution in [0.15, 0.2) is 18.2 Å². The van der Waals surface area contributed by atoms with E-state index in [1.807, 2.05) is 6.92 Å². The van der Waals surface area contributed by atoms with Crippen molar-refractivity contribution < 1.29 is 9.90 Å². The average molecular weight is 284 g/mol. The maximum atomic E-state index is 12.0. The summed E-state index contributed by atoms with van der Waals surface area (Å²) in [5.74, 6) is -0.179. The highest BCUT2D eigenvalue weighted by atomic mass is 35.5. The van der Waals surface area contributed by atoms with Gasteiger partial charge in [0.2, 0.25) is 0 Å². The summed E-state index contributed by atoms with van der Waals surface area (Å²) in [6.45, 7) is 8.27. The lowest BCUT2D eigenvalue weighted by Gasteiger charge is -2.22. The second-order valence-corrected chi connectivity index (χ2v) is 6.52. The molecule has 0 aliphatic heterocycles. The third kappa shape index (κ3) is 5.62. The molecule has 0 radical (unpaired) electrons. The number of aliphatic hydroxyl groups excluding tert-OH is 1. The first kappa shape index (κ1) is 16.0. The summed E-state index contributed by atoms with van der Waals surface area (Å²) in [6.07, 6.45) is 0.115. The number of halogens is 1. The molecular formula is C15H22ClNO2. The minimum absolute atomic E-state index is 0.0420. The normalized spacial score (nSPS) is 13.2. The smallest absolute Gasteiger partial charge is 0.251 e. The van der Waals surface area contributed by atoms with Gasteiger partial charge in [0.15, 0.2) is 0 Å². The van der Waals surface area contributed by atoms with Gasteiger partial charge in [0.05, 0.1) is 6.10 Å². The number of carbonyl (C=O) groups is 1. The van der Waals surface area contributed by atoms with E-state index in [9.17, 15) is 9.90 Å². The van der Waals surface area contributed by atoms with Crippen LogP contribution < -0.4 is 5.32 Å². The van der Waals surface area contributed by atoms with Gasteiger partial charge in [-0.2, -0.15) is 0 Å². The zero-order chi connectivity index (χ0) is 14.6. The maximum Gasteiger partial charge on any atom is 0.251 e. The molecule has 1 aromatic rings. The van der Waals surface area contributed by atoms with Crippen molar-refractivity contribution in [2.24, 2.45) is 5.41 Å². The summed E-state index contributed by atoms with van der Waals surface area (Å²) in [5.41, 5.74) is 1.46. The minimum atomic E-state index is -0.531. The third-order valence-corrected chi connectivity index (χ3v) is 3.01. The lowest BCUT2D eigenvalue weighted by Crippen LogP contribution is -2.34. The van der Waals surface area contributed by atoms with Gasteiger partial charge in [0.1, 0.15) is 0 Å². The van der Waals surface area contributed by atoms with E-state index in [0.717, 1.165) is 5.56 Å². The fraction of sp³-hybridized carbons (Fsp3) is 0.533. The van der Waals surface area contributed by atoms with Crippen LogP contribution in [0.2, 0.25) is 5.02 Å². The van der Waals surface area contributed by atoms with E-state index in [2.05, 4.69) is 26.1 Å². The van der Waals surface area contributed by atoms with E-state index in [-0.39, 0.29) is 17.9 Å². The van der Waals surface area contributed by atoms with Crippen molar-refractivity contribution in [3.63, 3.8) is 0 Å². The fourth-order valence-corrected chi connectivity index (χ4v) is 2.19. The Morgan fingerprint density at radius 1 is 1.42 bits per heavy atom. The molecule has 1 amide bonds. The van der Waals surface area contributed by atoms with Crippen LogP contribution in [0.25, 0.3) is 0 Å². The van der Waals surface area contributed by atoms with E-state index in [1.165, 1.54) is 0 Å². The van der Waals surface area contributed by atoms with Crippen molar-refractivity contribution in [2.75, 3.05) is 6.54 Å². The van der Waals surface area contributed by atoms with Gasteiger partial charge in [-0.05, 0) is 42.5 Å². The SMILES string of the molecule is Cc1cc(Cl)ccc1C(=O)NCC(O)CC(C)(C)C. The topological polar surface area (TPSA) is 49.3 Å². The molecule has 1 atom stereocenters. The second kappa shape index (κ2) is 6.40. The first-order valence-corrected chi connectivity index (χ1v) is 6.79. The highest BCUT2D eigenvalue weighted by Crippen LogP contribution is 2.20. The largest absolute Gasteiger partial charge is 0.391 e. The molecule has 0 saturated heterocycles. The monoisotopic (exact) mass is 283 g/mol. The van der Waals surface area contributed by atoms with Crippen LogP contribution in [0, 0.1) is 12.3 Å². The Kier molecular flexibility index (Phi) is 5.39. The number of rotatable bonds is 4. The van der Waals surface area contributed by atoms with Gasteiger partial charge < -0.3 is 10.4 Å². The Labute approximate surface area is 120 Å². The van der Waals surface area contributed by atoms with Gasteiger partial charge in [-0.15, -0.1) is 0 Å². The van der Waals surface area contributed by atoms with Crippen LogP contribution in [0.4, 0.5) is 0 Å². The number of carbonyl (C=O) groups excluding carboxylic acids is 1. The molecule has 0 spiro atoms. The van der Waals surface area contributed by atoms with Crippen molar-refractivity contribution >= 4 is 17.5 Å². The van der Waals surface area contributed by atoms with Crippen molar-refractivity contribution in [3.05, 3.63) is 34.3 Å².